The average Bonchev–Trinajstić information content (AvgIpc) is 2.96. The summed E-state index contributed by atoms with van der Waals surface area (Å²) in [6.07, 6.45) is 4.29. The predicted octanol–water partition coefficient (Wildman–Crippen LogP) is 5.20. The van der Waals surface area contributed by atoms with Crippen molar-refractivity contribution in [3.05, 3.63) is 64.4 Å². The molecule has 22 heavy (non-hydrogen) atoms. The van der Waals surface area contributed by atoms with Crippen molar-refractivity contribution in [2.75, 3.05) is 6.54 Å². The van der Waals surface area contributed by atoms with Crippen molar-refractivity contribution in [2.24, 2.45) is 0 Å². The average molecular weight is 315 g/mol. The van der Waals surface area contributed by atoms with Crippen LogP contribution in [0.3, 0.4) is 0 Å². The van der Waals surface area contributed by atoms with Gasteiger partial charge in [0.1, 0.15) is 5.15 Å². The van der Waals surface area contributed by atoms with Crippen LogP contribution in [0.2, 0.25) is 5.15 Å². The van der Waals surface area contributed by atoms with Gasteiger partial charge >= 0.3 is 0 Å². The molecule has 1 aromatic heterocycles. The lowest BCUT2D eigenvalue weighted by molar-refractivity contribution is 0.248. The van der Waals surface area contributed by atoms with Gasteiger partial charge in [-0.15, -0.1) is 0 Å². The molecule has 1 aliphatic heterocycles. The van der Waals surface area contributed by atoms with Crippen LogP contribution < -0.4 is 0 Å². The number of rotatable bonds is 4. The van der Waals surface area contributed by atoms with E-state index in [1.54, 1.807) is 0 Å². The number of hydrogen-bond acceptors (Lipinski definition) is 2. The first kappa shape index (κ1) is 15.5. The fraction of sp³-hybridized carbons (Fsp3) is 0.421. The van der Waals surface area contributed by atoms with Crippen molar-refractivity contribution in [1.29, 1.82) is 0 Å². The van der Waals surface area contributed by atoms with Crippen LogP contribution in [0, 0.1) is 0 Å². The molecule has 0 N–H and O–H groups in total. The van der Waals surface area contributed by atoms with Gasteiger partial charge < -0.3 is 0 Å². The minimum atomic E-state index is 0.388. The number of benzene rings is 1. The first-order valence-electron chi connectivity index (χ1n) is 8.08. The molecule has 0 radical (unpaired) electrons. The van der Waals surface area contributed by atoms with Crippen molar-refractivity contribution < 1.29 is 0 Å². The Morgan fingerprint density at radius 3 is 2.77 bits per heavy atom. The van der Waals surface area contributed by atoms with Gasteiger partial charge in [0.2, 0.25) is 0 Å². The van der Waals surface area contributed by atoms with E-state index in [9.17, 15) is 0 Å². The van der Waals surface area contributed by atoms with Crippen molar-refractivity contribution in [3.8, 4) is 0 Å². The summed E-state index contributed by atoms with van der Waals surface area (Å²) in [5.74, 6) is 0.479. The van der Waals surface area contributed by atoms with Crippen molar-refractivity contribution in [1.82, 2.24) is 9.88 Å². The number of hydrogen-bond donors (Lipinski definition) is 0. The molecule has 3 heteroatoms. The topological polar surface area (TPSA) is 16.1 Å². The quantitative estimate of drug-likeness (QED) is 0.721. The van der Waals surface area contributed by atoms with E-state index >= 15 is 0 Å². The zero-order valence-corrected chi connectivity index (χ0v) is 14.1. The number of pyridine rings is 1. The van der Waals surface area contributed by atoms with Crippen LogP contribution >= 0.6 is 11.6 Å². The van der Waals surface area contributed by atoms with E-state index in [1.165, 1.54) is 23.1 Å². The molecule has 0 bridgehead atoms. The maximum absolute atomic E-state index is 6.41. The lowest BCUT2D eigenvalue weighted by atomic mass is 9.99. The molecule has 1 atom stereocenters. The highest BCUT2D eigenvalue weighted by molar-refractivity contribution is 6.30. The van der Waals surface area contributed by atoms with Crippen molar-refractivity contribution in [2.45, 2.75) is 45.2 Å². The number of nitrogens with zero attached hydrogens (tertiary/aromatic N) is 2. The van der Waals surface area contributed by atoms with Gasteiger partial charge in [-0.05, 0) is 42.5 Å². The zero-order chi connectivity index (χ0) is 15.5. The van der Waals surface area contributed by atoms with Gasteiger partial charge in [-0.1, -0.05) is 55.8 Å². The van der Waals surface area contributed by atoms with Crippen LogP contribution in [-0.2, 0) is 6.54 Å². The maximum atomic E-state index is 6.41. The highest BCUT2D eigenvalue weighted by Crippen LogP contribution is 2.37. The summed E-state index contributed by atoms with van der Waals surface area (Å²) >= 11 is 6.41. The van der Waals surface area contributed by atoms with Crippen LogP contribution in [0.5, 0.6) is 0 Å². The molecular formula is C19H23ClN2. The minimum absolute atomic E-state index is 0.388. The van der Waals surface area contributed by atoms with E-state index in [-0.39, 0.29) is 0 Å². The second-order valence-corrected chi connectivity index (χ2v) is 6.78. The van der Waals surface area contributed by atoms with Crippen LogP contribution in [0.4, 0.5) is 0 Å². The Hall–Kier alpha value is -1.38. The summed E-state index contributed by atoms with van der Waals surface area (Å²) in [5.41, 5.74) is 3.82. The summed E-state index contributed by atoms with van der Waals surface area (Å²) in [5, 5.41) is 0.661. The van der Waals surface area contributed by atoms with E-state index in [4.69, 9.17) is 11.6 Å². The summed E-state index contributed by atoms with van der Waals surface area (Å²) in [6.45, 7) is 6.51. The van der Waals surface area contributed by atoms with Crippen LogP contribution in [0.15, 0.2) is 42.6 Å². The molecule has 0 aliphatic carbocycles. The Bertz CT molecular complexity index is 625. The molecule has 1 fully saturated rings. The molecule has 2 heterocycles. The lowest BCUT2D eigenvalue weighted by Crippen LogP contribution is -2.23. The lowest BCUT2D eigenvalue weighted by Gasteiger charge is -2.26. The molecule has 3 rings (SSSR count). The third-order valence-corrected chi connectivity index (χ3v) is 4.82. The highest BCUT2D eigenvalue weighted by atomic mass is 35.5. The van der Waals surface area contributed by atoms with Gasteiger partial charge in [-0.2, -0.15) is 0 Å². The number of halogens is 1. The largest absolute Gasteiger partial charge is 0.292 e. The number of likely N-dealkylation sites (tertiary alicyclic amines) is 1. The van der Waals surface area contributed by atoms with Crippen LogP contribution in [0.1, 0.15) is 55.3 Å². The van der Waals surface area contributed by atoms with E-state index in [1.807, 2.05) is 6.20 Å². The molecule has 116 valence electrons. The molecule has 0 unspecified atom stereocenters. The Morgan fingerprint density at radius 2 is 2.05 bits per heavy atom. The molecule has 2 nitrogen and oxygen atoms in total. The smallest absolute Gasteiger partial charge is 0.133 e. The second-order valence-electron chi connectivity index (χ2n) is 6.42. The van der Waals surface area contributed by atoms with E-state index in [0.29, 0.717) is 17.1 Å². The Kier molecular flexibility index (Phi) is 4.80. The van der Waals surface area contributed by atoms with Crippen molar-refractivity contribution >= 4 is 11.6 Å². The van der Waals surface area contributed by atoms with Gasteiger partial charge in [0.05, 0.1) is 0 Å². The Balaban J connectivity index is 1.85. The summed E-state index contributed by atoms with van der Waals surface area (Å²) in [7, 11) is 0. The third-order valence-electron chi connectivity index (χ3n) is 4.51. The molecule has 1 saturated heterocycles. The molecule has 1 aliphatic rings. The fourth-order valence-electron chi connectivity index (χ4n) is 3.22. The first-order valence-corrected chi connectivity index (χ1v) is 8.46. The summed E-state index contributed by atoms with van der Waals surface area (Å²) < 4.78 is 0. The maximum Gasteiger partial charge on any atom is 0.133 e. The molecule has 0 saturated carbocycles. The first-order chi connectivity index (χ1) is 10.6. The van der Waals surface area contributed by atoms with E-state index in [2.05, 4.69) is 60.1 Å². The van der Waals surface area contributed by atoms with E-state index < -0.39 is 0 Å². The van der Waals surface area contributed by atoms with Crippen LogP contribution in [0.25, 0.3) is 0 Å². The Labute approximate surface area is 138 Å². The SMILES string of the molecule is CC(C)c1cnc(Cl)c([C@@H]2CCCN2Cc2ccccc2)c1. The summed E-state index contributed by atoms with van der Waals surface area (Å²) in [4.78, 5) is 6.96. The van der Waals surface area contributed by atoms with E-state index in [0.717, 1.165) is 19.5 Å². The predicted molar refractivity (Wildman–Crippen MR) is 92.2 cm³/mol. The molecule has 1 aromatic carbocycles. The zero-order valence-electron chi connectivity index (χ0n) is 13.3. The molecule has 2 aromatic rings. The van der Waals surface area contributed by atoms with Gasteiger partial charge in [0.15, 0.2) is 0 Å². The Morgan fingerprint density at radius 1 is 1.27 bits per heavy atom. The van der Waals surface area contributed by atoms with Crippen molar-refractivity contribution in [3.63, 3.8) is 0 Å². The highest BCUT2D eigenvalue weighted by Gasteiger charge is 2.28. The monoisotopic (exact) mass is 314 g/mol. The molecule has 0 amide bonds. The van der Waals surface area contributed by atoms with Gasteiger partial charge in [0, 0.05) is 24.3 Å². The van der Waals surface area contributed by atoms with Gasteiger partial charge in [0.25, 0.3) is 0 Å². The van der Waals surface area contributed by atoms with Gasteiger partial charge in [-0.25, -0.2) is 4.98 Å². The van der Waals surface area contributed by atoms with Gasteiger partial charge in [-0.3, -0.25) is 4.90 Å². The molecule has 0 spiro atoms. The normalized spacial score (nSPS) is 19.0. The number of aromatic nitrogens is 1. The summed E-state index contributed by atoms with van der Waals surface area (Å²) in [6, 6.07) is 13.3. The van der Waals surface area contributed by atoms with Crippen LogP contribution in [-0.4, -0.2) is 16.4 Å². The molecular weight excluding hydrogens is 292 g/mol. The standard InChI is InChI=1S/C19H23ClN2/c1-14(2)16-11-17(19(20)21-12-16)18-9-6-10-22(18)13-15-7-4-3-5-8-15/h3-5,7-8,11-12,14,18H,6,9-10,13H2,1-2H3/t18-/m0/s1. The second kappa shape index (κ2) is 6.80. The fourth-order valence-corrected chi connectivity index (χ4v) is 3.45. The third kappa shape index (κ3) is 3.34. The minimum Gasteiger partial charge on any atom is -0.292 e.